The summed E-state index contributed by atoms with van der Waals surface area (Å²) in [6.45, 7) is 4.95. The van der Waals surface area contributed by atoms with E-state index < -0.39 is 6.04 Å². The minimum atomic E-state index is -0.530. The highest BCUT2D eigenvalue weighted by Gasteiger charge is 2.36. The van der Waals surface area contributed by atoms with Crippen LogP contribution in [-0.4, -0.2) is 28.9 Å². The first-order chi connectivity index (χ1) is 6.49. The molecule has 3 nitrogen and oxygen atoms in total. The minimum Gasteiger partial charge on any atom is -0.336 e. The fourth-order valence-electron chi connectivity index (χ4n) is 1.93. The molecule has 0 radical (unpaired) electrons. The van der Waals surface area contributed by atoms with Crippen LogP contribution < -0.4 is 5.73 Å². The predicted molar refractivity (Wildman–Crippen MR) is 56.5 cm³/mol. The number of hydrogen-bond acceptors (Lipinski definition) is 2. The molecule has 1 atom stereocenters. The Morgan fingerprint density at radius 1 is 1.71 bits per heavy atom. The number of amides is 1. The van der Waals surface area contributed by atoms with Gasteiger partial charge in [0.1, 0.15) is 0 Å². The quantitative estimate of drug-likeness (QED) is 0.659. The van der Waals surface area contributed by atoms with Gasteiger partial charge in [-0.2, -0.15) is 0 Å². The molecule has 0 aromatic rings. The molecule has 0 saturated carbocycles. The van der Waals surface area contributed by atoms with Crippen molar-refractivity contribution in [3.05, 3.63) is 0 Å². The summed E-state index contributed by atoms with van der Waals surface area (Å²) in [5, 5.41) is 0. The summed E-state index contributed by atoms with van der Waals surface area (Å²) in [5.74, 6) is 2.42. The maximum Gasteiger partial charge on any atom is 0.240 e. The van der Waals surface area contributed by atoms with E-state index in [1.54, 1.807) is 0 Å². The first-order valence-corrected chi connectivity index (χ1v) is 4.99. The van der Waals surface area contributed by atoms with Crippen molar-refractivity contribution in [2.45, 2.75) is 44.7 Å². The van der Waals surface area contributed by atoms with Crippen LogP contribution in [0.25, 0.3) is 0 Å². The second-order valence-electron chi connectivity index (χ2n) is 4.42. The molecule has 0 aromatic heterocycles. The van der Waals surface area contributed by atoms with E-state index >= 15 is 0 Å². The number of rotatable bonds is 2. The Bertz CT molecular complexity index is 265. The molecule has 1 aliphatic rings. The van der Waals surface area contributed by atoms with Crippen LogP contribution in [-0.2, 0) is 4.79 Å². The minimum absolute atomic E-state index is 0.00884. The molecule has 0 bridgehead atoms. The first kappa shape index (κ1) is 11.1. The zero-order chi connectivity index (χ0) is 10.8. The summed E-state index contributed by atoms with van der Waals surface area (Å²) in [6, 6.07) is -0.530. The average molecular weight is 194 g/mol. The number of carbonyl (C=O) groups is 1. The van der Waals surface area contributed by atoms with E-state index in [0.29, 0.717) is 6.42 Å². The molecule has 0 aromatic carbocycles. The number of nitrogens with zero attached hydrogens (tertiary/aromatic N) is 1. The topological polar surface area (TPSA) is 46.3 Å². The standard InChI is InChI=1S/C11H18N2O/c1-4-6-9(12)10(14)13-8-5-7-11(13,2)3/h1,9H,5-8,12H2,2-3H3. The van der Waals surface area contributed by atoms with Crippen LogP contribution in [0.1, 0.15) is 33.1 Å². The Morgan fingerprint density at radius 3 is 2.79 bits per heavy atom. The molecule has 0 spiro atoms. The predicted octanol–water partition coefficient (Wildman–Crippen LogP) is 0.738. The SMILES string of the molecule is C#CCC(N)C(=O)N1CCCC1(C)C. The van der Waals surface area contributed by atoms with Crippen molar-refractivity contribution in [2.24, 2.45) is 5.73 Å². The van der Waals surface area contributed by atoms with E-state index in [2.05, 4.69) is 19.8 Å². The monoisotopic (exact) mass is 194 g/mol. The van der Waals surface area contributed by atoms with Gasteiger partial charge in [-0.05, 0) is 26.7 Å². The van der Waals surface area contributed by atoms with Crippen molar-refractivity contribution in [3.63, 3.8) is 0 Å². The number of hydrogen-bond donors (Lipinski definition) is 1. The van der Waals surface area contributed by atoms with E-state index in [-0.39, 0.29) is 11.4 Å². The van der Waals surface area contributed by atoms with Crippen molar-refractivity contribution >= 4 is 5.91 Å². The molecule has 1 aliphatic heterocycles. The van der Waals surface area contributed by atoms with Crippen LogP contribution in [0.15, 0.2) is 0 Å². The highest BCUT2D eigenvalue weighted by atomic mass is 16.2. The van der Waals surface area contributed by atoms with Crippen molar-refractivity contribution in [2.75, 3.05) is 6.54 Å². The molecular weight excluding hydrogens is 176 g/mol. The third-order valence-corrected chi connectivity index (χ3v) is 2.82. The molecule has 14 heavy (non-hydrogen) atoms. The zero-order valence-corrected chi connectivity index (χ0v) is 8.92. The molecule has 78 valence electrons. The smallest absolute Gasteiger partial charge is 0.240 e. The highest BCUT2D eigenvalue weighted by molar-refractivity contribution is 5.82. The van der Waals surface area contributed by atoms with Gasteiger partial charge in [-0.3, -0.25) is 4.79 Å². The molecule has 3 heteroatoms. The molecule has 1 unspecified atom stereocenters. The first-order valence-electron chi connectivity index (χ1n) is 4.99. The Balaban J connectivity index is 2.66. The number of terminal acetylenes is 1. The van der Waals surface area contributed by atoms with Crippen molar-refractivity contribution in [3.8, 4) is 12.3 Å². The van der Waals surface area contributed by atoms with E-state index in [1.165, 1.54) is 0 Å². The second-order valence-corrected chi connectivity index (χ2v) is 4.42. The molecule has 1 amide bonds. The van der Waals surface area contributed by atoms with Gasteiger partial charge in [0.25, 0.3) is 0 Å². The third-order valence-electron chi connectivity index (χ3n) is 2.82. The van der Waals surface area contributed by atoms with Crippen LogP contribution in [0.2, 0.25) is 0 Å². The van der Waals surface area contributed by atoms with Crippen LogP contribution in [0.5, 0.6) is 0 Å². The lowest BCUT2D eigenvalue weighted by Crippen LogP contribution is -2.50. The van der Waals surface area contributed by atoms with E-state index in [4.69, 9.17) is 12.2 Å². The maximum atomic E-state index is 11.9. The molecule has 1 rings (SSSR count). The van der Waals surface area contributed by atoms with E-state index in [9.17, 15) is 4.79 Å². The molecule has 1 heterocycles. The van der Waals surface area contributed by atoms with E-state index in [1.807, 2.05) is 4.90 Å². The van der Waals surface area contributed by atoms with Crippen molar-refractivity contribution in [1.82, 2.24) is 4.90 Å². The molecule has 1 fully saturated rings. The van der Waals surface area contributed by atoms with Gasteiger partial charge in [-0.25, -0.2) is 0 Å². The fourth-order valence-corrected chi connectivity index (χ4v) is 1.93. The Kier molecular flexibility index (Phi) is 3.17. The largest absolute Gasteiger partial charge is 0.336 e. The normalized spacial score (nSPS) is 21.7. The number of likely N-dealkylation sites (tertiary alicyclic amines) is 1. The van der Waals surface area contributed by atoms with Crippen LogP contribution in [0.3, 0.4) is 0 Å². The number of nitrogens with two attached hydrogens (primary N) is 1. The highest BCUT2D eigenvalue weighted by Crippen LogP contribution is 2.28. The van der Waals surface area contributed by atoms with Gasteiger partial charge in [0, 0.05) is 18.5 Å². The summed E-state index contributed by atoms with van der Waals surface area (Å²) in [5.41, 5.74) is 5.64. The van der Waals surface area contributed by atoms with Crippen molar-refractivity contribution in [1.29, 1.82) is 0 Å². The molecular formula is C11H18N2O. The summed E-state index contributed by atoms with van der Waals surface area (Å²) >= 11 is 0. The average Bonchev–Trinajstić information content (AvgIpc) is 2.44. The zero-order valence-electron chi connectivity index (χ0n) is 8.92. The van der Waals surface area contributed by atoms with Crippen LogP contribution in [0, 0.1) is 12.3 Å². The Morgan fingerprint density at radius 2 is 2.36 bits per heavy atom. The van der Waals surface area contributed by atoms with Gasteiger partial charge >= 0.3 is 0 Å². The number of carbonyl (C=O) groups excluding carboxylic acids is 1. The second kappa shape index (κ2) is 4.02. The van der Waals surface area contributed by atoms with Crippen LogP contribution >= 0.6 is 0 Å². The van der Waals surface area contributed by atoms with Gasteiger partial charge in [-0.1, -0.05) is 0 Å². The summed E-state index contributed by atoms with van der Waals surface area (Å²) in [7, 11) is 0. The third kappa shape index (κ3) is 2.08. The lowest BCUT2D eigenvalue weighted by atomic mass is 10.0. The van der Waals surface area contributed by atoms with E-state index in [0.717, 1.165) is 19.4 Å². The molecule has 1 saturated heterocycles. The summed E-state index contributed by atoms with van der Waals surface area (Å²) in [6.07, 6.45) is 7.56. The fraction of sp³-hybridized carbons (Fsp3) is 0.727. The lowest BCUT2D eigenvalue weighted by molar-refractivity contribution is -0.135. The lowest BCUT2D eigenvalue weighted by Gasteiger charge is -2.33. The Labute approximate surface area is 85.6 Å². The van der Waals surface area contributed by atoms with Gasteiger partial charge in [-0.15, -0.1) is 12.3 Å². The van der Waals surface area contributed by atoms with Gasteiger partial charge in [0.2, 0.25) is 5.91 Å². The van der Waals surface area contributed by atoms with Gasteiger partial charge in [0.15, 0.2) is 0 Å². The maximum absolute atomic E-state index is 11.9. The summed E-state index contributed by atoms with van der Waals surface area (Å²) < 4.78 is 0. The molecule has 0 aliphatic carbocycles. The van der Waals surface area contributed by atoms with Gasteiger partial charge in [0.05, 0.1) is 6.04 Å². The Hall–Kier alpha value is -1.01. The van der Waals surface area contributed by atoms with Crippen LogP contribution in [0.4, 0.5) is 0 Å². The van der Waals surface area contributed by atoms with Crippen molar-refractivity contribution < 1.29 is 4.79 Å². The van der Waals surface area contributed by atoms with Gasteiger partial charge < -0.3 is 10.6 Å². The summed E-state index contributed by atoms with van der Waals surface area (Å²) in [4.78, 5) is 13.7. The molecule has 2 N–H and O–H groups in total.